The molecule has 1 aliphatic rings. The lowest BCUT2D eigenvalue weighted by molar-refractivity contribution is -0.128. The maximum atomic E-state index is 11.7. The molecule has 0 aromatic carbocycles. The lowest BCUT2D eigenvalue weighted by atomic mass is 10.1. The minimum Gasteiger partial charge on any atom is -0.384 e. The third-order valence-corrected chi connectivity index (χ3v) is 3.17. The van der Waals surface area contributed by atoms with Crippen LogP contribution in [0.3, 0.4) is 0 Å². The Balaban J connectivity index is 2.03. The molecule has 1 fully saturated rings. The predicted octanol–water partition coefficient (Wildman–Crippen LogP) is 1.25. The smallest absolute Gasteiger partial charge is 0.223 e. The number of anilines is 1. The SMILES string of the molecule is Nc1cc(CN2CC(CCl)CC2=O)ccn1. The van der Waals surface area contributed by atoms with E-state index in [0.29, 0.717) is 24.7 Å². The van der Waals surface area contributed by atoms with Gasteiger partial charge in [0.15, 0.2) is 0 Å². The molecule has 0 saturated carbocycles. The van der Waals surface area contributed by atoms with Crippen LogP contribution in [0.4, 0.5) is 5.82 Å². The Morgan fingerprint density at radius 2 is 2.44 bits per heavy atom. The van der Waals surface area contributed by atoms with Gasteiger partial charge in [0.05, 0.1) is 0 Å². The van der Waals surface area contributed by atoms with E-state index in [1.165, 1.54) is 0 Å². The zero-order valence-electron chi connectivity index (χ0n) is 8.90. The minimum absolute atomic E-state index is 0.168. The van der Waals surface area contributed by atoms with Gasteiger partial charge >= 0.3 is 0 Å². The Hall–Kier alpha value is -1.29. The first-order valence-corrected chi connectivity index (χ1v) is 5.76. The van der Waals surface area contributed by atoms with E-state index < -0.39 is 0 Å². The molecule has 1 saturated heterocycles. The number of carbonyl (C=O) groups is 1. The van der Waals surface area contributed by atoms with Crippen molar-refractivity contribution in [3.05, 3.63) is 23.9 Å². The summed E-state index contributed by atoms with van der Waals surface area (Å²) in [6.45, 7) is 1.34. The summed E-state index contributed by atoms with van der Waals surface area (Å²) < 4.78 is 0. The first-order valence-electron chi connectivity index (χ1n) is 5.23. The molecule has 1 aromatic heterocycles. The Kier molecular flexibility index (Phi) is 3.29. The van der Waals surface area contributed by atoms with Gasteiger partial charge in [0.2, 0.25) is 5.91 Å². The second kappa shape index (κ2) is 4.70. The van der Waals surface area contributed by atoms with Crippen molar-refractivity contribution in [2.75, 3.05) is 18.2 Å². The molecule has 1 amide bonds. The molecule has 2 heterocycles. The van der Waals surface area contributed by atoms with Gasteiger partial charge in [-0.15, -0.1) is 11.6 Å². The monoisotopic (exact) mass is 239 g/mol. The predicted molar refractivity (Wildman–Crippen MR) is 62.9 cm³/mol. The summed E-state index contributed by atoms with van der Waals surface area (Å²) in [6, 6.07) is 3.67. The summed E-state index contributed by atoms with van der Waals surface area (Å²) in [4.78, 5) is 17.4. The van der Waals surface area contributed by atoms with E-state index in [9.17, 15) is 4.79 Å². The van der Waals surface area contributed by atoms with Crippen molar-refractivity contribution in [2.45, 2.75) is 13.0 Å². The van der Waals surface area contributed by atoms with E-state index in [4.69, 9.17) is 17.3 Å². The normalized spacial score (nSPS) is 20.4. The molecule has 0 spiro atoms. The van der Waals surface area contributed by atoms with E-state index in [1.54, 1.807) is 12.3 Å². The van der Waals surface area contributed by atoms with Crippen LogP contribution in [0.15, 0.2) is 18.3 Å². The van der Waals surface area contributed by atoms with Gasteiger partial charge in [-0.05, 0) is 23.6 Å². The standard InChI is InChI=1S/C11H14ClN3O/c12-5-9-4-11(16)15(7-9)6-8-1-2-14-10(13)3-8/h1-3,9H,4-7H2,(H2,13,14). The lowest BCUT2D eigenvalue weighted by Crippen LogP contribution is -2.24. The van der Waals surface area contributed by atoms with Crippen LogP contribution in [0, 0.1) is 5.92 Å². The Morgan fingerprint density at radius 3 is 3.06 bits per heavy atom. The van der Waals surface area contributed by atoms with Crippen molar-refractivity contribution in [3.8, 4) is 0 Å². The number of amides is 1. The maximum absolute atomic E-state index is 11.7. The number of nitrogens with zero attached hydrogens (tertiary/aromatic N) is 2. The molecule has 1 aliphatic heterocycles. The van der Waals surface area contributed by atoms with Gasteiger partial charge in [0.25, 0.3) is 0 Å². The van der Waals surface area contributed by atoms with Crippen molar-refractivity contribution in [3.63, 3.8) is 0 Å². The summed E-state index contributed by atoms with van der Waals surface area (Å²) >= 11 is 5.76. The molecule has 0 aliphatic carbocycles. The average Bonchev–Trinajstić information content (AvgIpc) is 2.60. The highest BCUT2D eigenvalue weighted by molar-refractivity contribution is 6.18. The number of hydrogen-bond donors (Lipinski definition) is 1. The lowest BCUT2D eigenvalue weighted by Gasteiger charge is -2.16. The van der Waals surface area contributed by atoms with Crippen LogP contribution in [0.25, 0.3) is 0 Å². The van der Waals surface area contributed by atoms with Gasteiger partial charge in [-0.25, -0.2) is 4.98 Å². The maximum Gasteiger partial charge on any atom is 0.223 e. The van der Waals surface area contributed by atoms with Crippen molar-refractivity contribution >= 4 is 23.3 Å². The molecule has 0 bridgehead atoms. The third kappa shape index (κ3) is 2.44. The Bertz CT molecular complexity index is 397. The zero-order valence-corrected chi connectivity index (χ0v) is 9.65. The third-order valence-electron chi connectivity index (χ3n) is 2.73. The summed E-state index contributed by atoms with van der Waals surface area (Å²) in [5.74, 6) is 1.48. The van der Waals surface area contributed by atoms with Crippen LogP contribution in [0.1, 0.15) is 12.0 Å². The number of likely N-dealkylation sites (tertiary alicyclic amines) is 1. The largest absolute Gasteiger partial charge is 0.384 e. The number of halogens is 1. The quantitative estimate of drug-likeness (QED) is 0.808. The van der Waals surface area contributed by atoms with E-state index in [2.05, 4.69) is 4.98 Å². The number of rotatable bonds is 3. The highest BCUT2D eigenvalue weighted by atomic mass is 35.5. The van der Waals surface area contributed by atoms with Crippen LogP contribution in [0.5, 0.6) is 0 Å². The Morgan fingerprint density at radius 1 is 1.62 bits per heavy atom. The van der Waals surface area contributed by atoms with Gasteiger partial charge in [-0.2, -0.15) is 0 Å². The number of nitrogen functional groups attached to an aromatic ring is 1. The van der Waals surface area contributed by atoms with Gasteiger partial charge in [0.1, 0.15) is 5.82 Å². The van der Waals surface area contributed by atoms with Crippen LogP contribution < -0.4 is 5.73 Å². The second-order valence-corrected chi connectivity index (χ2v) is 4.40. The second-order valence-electron chi connectivity index (χ2n) is 4.09. The fraction of sp³-hybridized carbons (Fsp3) is 0.455. The zero-order chi connectivity index (χ0) is 11.5. The molecule has 1 aromatic rings. The number of carbonyl (C=O) groups excluding carboxylic acids is 1. The van der Waals surface area contributed by atoms with E-state index >= 15 is 0 Å². The van der Waals surface area contributed by atoms with Crippen LogP contribution >= 0.6 is 11.6 Å². The first-order chi connectivity index (χ1) is 7.69. The average molecular weight is 240 g/mol. The van der Waals surface area contributed by atoms with Crippen molar-refractivity contribution in [2.24, 2.45) is 5.92 Å². The van der Waals surface area contributed by atoms with E-state index in [0.717, 1.165) is 12.1 Å². The topological polar surface area (TPSA) is 59.2 Å². The van der Waals surface area contributed by atoms with E-state index in [1.807, 2.05) is 11.0 Å². The van der Waals surface area contributed by atoms with Gasteiger partial charge in [0, 0.05) is 31.6 Å². The fourth-order valence-electron chi connectivity index (χ4n) is 1.92. The number of nitrogens with two attached hydrogens (primary N) is 1. The molecule has 86 valence electrons. The number of pyridine rings is 1. The van der Waals surface area contributed by atoms with Crippen LogP contribution in [0.2, 0.25) is 0 Å². The number of hydrogen-bond acceptors (Lipinski definition) is 3. The molecule has 1 atom stereocenters. The summed E-state index contributed by atoms with van der Waals surface area (Å²) in [7, 11) is 0. The minimum atomic E-state index is 0.168. The molecule has 5 heteroatoms. The molecular weight excluding hydrogens is 226 g/mol. The Labute approximate surface area is 99.4 Å². The van der Waals surface area contributed by atoms with Crippen molar-refractivity contribution in [1.29, 1.82) is 0 Å². The number of aromatic nitrogens is 1. The van der Waals surface area contributed by atoms with Gasteiger partial charge in [-0.3, -0.25) is 4.79 Å². The highest BCUT2D eigenvalue weighted by Gasteiger charge is 2.28. The molecule has 2 rings (SSSR count). The molecular formula is C11H14ClN3O. The number of alkyl halides is 1. The van der Waals surface area contributed by atoms with Gasteiger partial charge in [-0.1, -0.05) is 0 Å². The van der Waals surface area contributed by atoms with Crippen LogP contribution in [-0.4, -0.2) is 28.2 Å². The summed E-state index contributed by atoms with van der Waals surface area (Å²) in [5, 5.41) is 0. The molecule has 0 radical (unpaired) electrons. The molecule has 1 unspecified atom stereocenters. The summed E-state index contributed by atoms with van der Waals surface area (Å²) in [6.07, 6.45) is 2.22. The first kappa shape index (κ1) is 11.2. The van der Waals surface area contributed by atoms with Crippen molar-refractivity contribution < 1.29 is 4.79 Å². The van der Waals surface area contributed by atoms with Crippen LogP contribution in [-0.2, 0) is 11.3 Å². The highest BCUT2D eigenvalue weighted by Crippen LogP contribution is 2.21. The van der Waals surface area contributed by atoms with E-state index in [-0.39, 0.29) is 11.8 Å². The molecule has 4 nitrogen and oxygen atoms in total. The summed E-state index contributed by atoms with van der Waals surface area (Å²) in [5.41, 5.74) is 6.60. The molecule has 2 N–H and O–H groups in total. The van der Waals surface area contributed by atoms with Crippen molar-refractivity contribution in [1.82, 2.24) is 9.88 Å². The molecule has 16 heavy (non-hydrogen) atoms. The van der Waals surface area contributed by atoms with Gasteiger partial charge < -0.3 is 10.6 Å². The fourth-order valence-corrected chi connectivity index (χ4v) is 2.13.